The van der Waals surface area contributed by atoms with E-state index in [1.807, 2.05) is 0 Å². The fourth-order valence-corrected chi connectivity index (χ4v) is 0.632. The molecule has 0 aromatic carbocycles. The van der Waals surface area contributed by atoms with Gasteiger partial charge in [-0.3, -0.25) is 4.79 Å². The first-order valence-corrected chi connectivity index (χ1v) is 3.37. The van der Waals surface area contributed by atoms with Gasteiger partial charge in [-0.25, -0.2) is 0 Å². The molecule has 0 spiro atoms. The van der Waals surface area contributed by atoms with E-state index in [1.54, 1.807) is 0 Å². The van der Waals surface area contributed by atoms with Gasteiger partial charge in [-0.2, -0.15) is 0 Å². The summed E-state index contributed by atoms with van der Waals surface area (Å²) in [6.45, 7) is 0.604. The number of aliphatic carboxylic acids is 1. The maximum atomic E-state index is 10.1. The van der Waals surface area contributed by atoms with Gasteiger partial charge in [0.25, 0.3) is 0 Å². The molecule has 0 unspecified atom stereocenters. The lowest BCUT2D eigenvalue weighted by molar-refractivity contribution is -0.138. The number of carbonyl (C=O) groups is 1. The van der Waals surface area contributed by atoms with E-state index in [4.69, 9.17) is 16.6 Å². The summed E-state index contributed by atoms with van der Waals surface area (Å²) in [5.41, 5.74) is 10.4. The molecule has 60 valence electrons. The Hall–Kier alpha value is -0.610. The average Bonchev–Trinajstić information content (AvgIpc) is 1.88. The highest BCUT2D eigenvalue weighted by Crippen LogP contribution is 1.96. The zero-order chi connectivity index (χ0) is 7.98. The van der Waals surface area contributed by atoms with Crippen molar-refractivity contribution in [1.82, 2.24) is 0 Å². The maximum absolute atomic E-state index is 10.1. The van der Waals surface area contributed by atoms with Crippen LogP contribution in [0.3, 0.4) is 0 Å². The minimum atomic E-state index is -0.933. The van der Waals surface area contributed by atoms with Crippen LogP contribution >= 0.6 is 0 Å². The number of nitrogens with two attached hydrogens (primary N) is 2. The van der Waals surface area contributed by atoms with Gasteiger partial charge < -0.3 is 16.6 Å². The fraction of sp³-hybridized carbons (Fsp3) is 0.833. The summed E-state index contributed by atoms with van der Waals surface area (Å²) in [5, 5.41) is 8.33. The van der Waals surface area contributed by atoms with Gasteiger partial charge in [0.15, 0.2) is 0 Å². The van der Waals surface area contributed by atoms with Crippen LogP contribution in [-0.4, -0.2) is 23.7 Å². The van der Waals surface area contributed by atoms with E-state index in [0.29, 0.717) is 13.0 Å². The standard InChI is InChI=1S/C6H14N2O2/c7-4-2-1-3-5(8)6(9)10/h5H,1-4,7-8H2,(H,9,10)/t5-/m0/s1/i5+2. The van der Waals surface area contributed by atoms with Crippen molar-refractivity contribution in [3.63, 3.8) is 0 Å². The van der Waals surface area contributed by atoms with Crippen molar-refractivity contribution in [1.29, 1.82) is 0 Å². The molecule has 0 aliphatic carbocycles. The summed E-state index contributed by atoms with van der Waals surface area (Å²) in [6, 6.07) is -0.716. The van der Waals surface area contributed by atoms with Gasteiger partial charge in [0.05, 0.1) is 0 Å². The minimum Gasteiger partial charge on any atom is -0.480 e. The number of carboxylic acids is 1. The lowest BCUT2D eigenvalue weighted by atomic mass is 10.3. The van der Waals surface area contributed by atoms with Crippen molar-refractivity contribution in [2.45, 2.75) is 25.3 Å². The van der Waals surface area contributed by atoms with Gasteiger partial charge in [0.1, 0.15) is 6.04 Å². The quantitative estimate of drug-likeness (QED) is 0.460. The zero-order valence-corrected chi connectivity index (χ0v) is 5.92. The zero-order valence-electron chi connectivity index (χ0n) is 5.92. The van der Waals surface area contributed by atoms with E-state index in [0.717, 1.165) is 12.8 Å². The minimum absolute atomic E-state index is 0.520. The van der Waals surface area contributed by atoms with Crippen LogP contribution in [0.4, 0.5) is 0 Å². The number of hydrogen-bond acceptors (Lipinski definition) is 3. The molecule has 4 nitrogen and oxygen atoms in total. The molecular formula is C6H14N2O2. The molecular weight excluding hydrogens is 134 g/mol. The van der Waals surface area contributed by atoms with Gasteiger partial charge >= 0.3 is 5.97 Å². The lowest BCUT2D eigenvalue weighted by Gasteiger charge is -2.03. The van der Waals surface area contributed by atoms with Crippen LogP contribution in [0.5, 0.6) is 0 Å². The predicted octanol–water partition coefficient (Wildman–Crippen LogP) is -0.473. The number of hydrogen-bond donors (Lipinski definition) is 3. The highest BCUT2D eigenvalue weighted by atomic mass is 16.4. The SMILES string of the molecule is NCCCC[14C@H](N)C(=O)O. The Balaban J connectivity index is 3.21. The molecule has 0 aliphatic heterocycles. The molecule has 0 amide bonds. The van der Waals surface area contributed by atoms with Gasteiger partial charge in [-0.15, -0.1) is 0 Å². The molecule has 1 atom stereocenters. The van der Waals surface area contributed by atoms with Crippen molar-refractivity contribution in [2.75, 3.05) is 6.54 Å². The number of unbranched alkanes of at least 4 members (excludes halogenated alkanes) is 1. The molecule has 5 N–H and O–H groups in total. The van der Waals surface area contributed by atoms with E-state index in [-0.39, 0.29) is 0 Å². The van der Waals surface area contributed by atoms with Crippen LogP contribution in [0, 0.1) is 0 Å². The third-order valence-electron chi connectivity index (χ3n) is 1.29. The smallest absolute Gasteiger partial charge is 0.320 e. The molecule has 0 radical (unpaired) electrons. The molecule has 0 rings (SSSR count). The Morgan fingerprint density at radius 1 is 1.50 bits per heavy atom. The third kappa shape index (κ3) is 4.29. The molecule has 0 aliphatic rings. The monoisotopic (exact) mass is 148 g/mol. The van der Waals surface area contributed by atoms with Crippen molar-refractivity contribution in [3.05, 3.63) is 0 Å². The molecule has 0 aromatic rings. The second-order valence-corrected chi connectivity index (χ2v) is 2.23. The van der Waals surface area contributed by atoms with Crippen LogP contribution in [0.25, 0.3) is 0 Å². The van der Waals surface area contributed by atoms with E-state index in [1.165, 1.54) is 0 Å². The van der Waals surface area contributed by atoms with E-state index < -0.39 is 12.0 Å². The third-order valence-corrected chi connectivity index (χ3v) is 1.29. The number of rotatable bonds is 5. The largest absolute Gasteiger partial charge is 0.480 e. The van der Waals surface area contributed by atoms with E-state index in [9.17, 15) is 4.79 Å². The topological polar surface area (TPSA) is 89.3 Å². The Bertz CT molecular complexity index is 106. The van der Waals surface area contributed by atoms with Crippen molar-refractivity contribution in [2.24, 2.45) is 11.5 Å². The molecule has 0 saturated heterocycles. The lowest BCUT2D eigenvalue weighted by Crippen LogP contribution is -2.29. The van der Waals surface area contributed by atoms with Crippen LogP contribution in [0.1, 0.15) is 19.3 Å². The fourth-order valence-electron chi connectivity index (χ4n) is 0.632. The highest BCUT2D eigenvalue weighted by Gasteiger charge is 2.09. The molecule has 4 heteroatoms. The summed E-state index contributed by atoms with van der Waals surface area (Å²) in [5.74, 6) is -0.933. The van der Waals surface area contributed by atoms with Crippen LogP contribution in [0.2, 0.25) is 0 Å². The molecule has 0 heterocycles. The Labute approximate surface area is 60.2 Å². The van der Waals surface area contributed by atoms with Crippen molar-refractivity contribution >= 4 is 5.97 Å². The van der Waals surface area contributed by atoms with Crippen molar-refractivity contribution < 1.29 is 9.90 Å². The summed E-state index contributed by atoms with van der Waals surface area (Å²) in [4.78, 5) is 10.1. The predicted molar refractivity (Wildman–Crippen MR) is 38.5 cm³/mol. The summed E-state index contributed by atoms with van der Waals surface area (Å²) in [6.07, 6.45) is 2.16. The number of carboxylic acid groups (broad SMARTS) is 1. The van der Waals surface area contributed by atoms with Crippen LogP contribution < -0.4 is 11.5 Å². The second kappa shape index (κ2) is 5.20. The average molecular weight is 148 g/mol. The highest BCUT2D eigenvalue weighted by molar-refractivity contribution is 5.72. The van der Waals surface area contributed by atoms with Gasteiger partial charge in [0.2, 0.25) is 0 Å². The maximum Gasteiger partial charge on any atom is 0.320 e. The first kappa shape index (κ1) is 9.39. The summed E-state index contributed by atoms with van der Waals surface area (Å²) in [7, 11) is 0. The van der Waals surface area contributed by atoms with Gasteiger partial charge in [-0.1, -0.05) is 6.42 Å². The Kier molecular flexibility index (Phi) is 4.88. The molecule has 0 saturated carbocycles. The molecule has 10 heavy (non-hydrogen) atoms. The molecule has 0 fully saturated rings. The Morgan fingerprint density at radius 3 is 2.50 bits per heavy atom. The van der Waals surface area contributed by atoms with Crippen molar-refractivity contribution in [3.8, 4) is 0 Å². The Morgan fingerprint density at radius 2 is 2.10 bits per heavy atom. The van der Waals surface area contributed by atoms with Crippen LogP contribution in [-0.2, 0) is 4.79 Å². The summed E-state index contributed by atoms with van der Waals surface area (Å²) >= 11 is 0. The van der Waals surface area contributed by atoms with Gasteiger partial charge in [-0.05, 0) is 19.4 Å². The second-order valence-electron chi connectivity index (χ2n) is 2.23. The van der Waals surface area contributed by atoms with Crippen LogP contribution in [0.15, 0.2) is 0 Å². The first-order chi connectivity index (χ1) is 4.68. The summed E-state index contributed by atoms with van der Waals surface area (Å²) < 4.78 is 0. The first-order valence-electron chi connectivity index (χ1n) is 3.37. The normalized spacial score (nSPS) is 13.0. The molecule has 0 bridgehead atoms. The molecule has 0 aromatic heterocycles. The van der Waals surface area contributed by atoms with E-state index in [2.05, 4.69) is 0 Å². The van der Waals surface area contributed by atoms with Gasteiger partial charge in [0, 0.05) is 0 Å². The van der Waals surface area contributed by atoms with E-state index >= 15 is 0 Å².